The molecule has 0 radical (unpaired) electrons. The molecule has 8 heteroatoms. The fourth-order valence-corrected chi connectivity index (χ4v) is 2.48. The number of nitrogens with zero attached hydrogens (tertiary/aromatic N) is 4. The van der Waals surface area contributed by atoms with Gasteiger partial charge in [-0.15, -0.1) is 0 Å². The van der Waals surface area contributed by atoms with Crippen molar-refractivity contribution in [2.75, 3.05) is 25.9 Å². The average molecular weight is 293 g/mol. The molecule has 1 saturated heterocycles. The lowest BCUT2D eigenvalue weighted by molar-refractivity contribution is -0.385. The van der Waals surface area contributed by atoms with Gasteiger partial charge in [-0.2, -0.15) is 0 Å². The molecule has 0 aliphatic carbocycles. The van der Waals surface area contributed by atoms with Gasteiger partial charge < -0.3 is 10.6 Å². The summed E-state index contributed by atoms with van der Waals surface area (Å²) in [6.45, 7) is 5.18. The van der Waals surface area contributed by atoms with Crippen molar-refractivity contribution in [1.82, 2.24) is 14.8 Å². The first-order chi connectivity index (χ1) is 9.81. The Balaban J connectivity index is 2.28. The summed E-state index contributed by atoms with van der Waals surface area (Å²) in [7, 11) is 2.01. The molecule has 1 amide bonds. The van der Waals surface area contributed by atoms with Gasteiger partial charge >= 0.3 is 0 Å². The van der Waals surface area contributed by atoms with Gasteiger partial charge in [-0.3, -0.25) is 19.8 Å². The summed E-state index contributed by atoms with van der Waals surface area (Å²) in [5, 5.41) is 10.8. The molecule has 1 fully saturated rings. The largest absolute Gasteiger partial charge is 0.383 e. The molecule has 0 spiro atoms. The van der Waals surface area contributed by atoms with Gasteiger partial charge in [-0.05, 0) is 20.9 Å². The van der Waals surface area contributed by atoms with Gasteiger partial charge in [0, 0.05) is 31.2 Å². The highest BCUT2D eigenvalue weighted by atomic mass is 16.6. The predicted molar refractivity (Wildman–Crippen MR) is 77.9 cm³/mol. The highest BCUT2D eigenvalue weighted by molar-refractivity contribution is 5.99. The number of nitro groups is 1. The van der Waals surface area contributed by atoms with Crippen LogP contribution in [0.4, 0.5) is 11.5 Å². The normalized spacial score (nSPS) is 23.1. The Bertz CT molecular complexity index is 565. The molecule has 8 nitrogen and oxygen atoms in total. The van der Waals surface area contributed by atoms with E-state index in [1.165, 1.54) is 6.07 Å². The van der Waals surface area contributed by atoms with Gasteiger partial charge in [-0.25, -0.2) is 4.98 Å². The molecule has 1 aromatic heterocycles. The van der Waals surface area contributed by atoms with Crippen LogP contribution in [-0.4, -0.2) is 57.8 Å². The van der Waals surface area contributed by atoms with E-state index in [0.717, 1.165) is 6.20 Å². The molecule has 114 valence electrons. The monoisotopic (exact) mass is 293 g/mol. The van der Waals surface area contributed by atoms with Crippen molar-refractivity contribution in [3.05, 3.63) is 27.9 Å². The minimum Gasteiger partial charge on any atom is -0.383 e. The van der Waals surface area contributed by atoms with Crippen molar-refractivity contribution in [1.29, 1.82) is 0 Å². The third kappa shape index (κ3) is 2.94. The molecule has 1 aromatic rings. The van der Waals surface area contributed by atoms with Crippen LogP contribution in [0, 0.1) is 10.1 Å². The van der Waals surface area contributed by atoms with Crippen LogP contribution in [-0.2, 0) is 0 Å². The summed E-state index contributed by atoms with van der Waals surface area (Å²) in [5.74, 6) is -0.291. The van der Waals surface area contributed by atoms with E-state index in [0.29, 0.717) is 13.1 Å². The number of pyridine rings is 1. The Hall–Kier alpha value is -2.22. The van der Waals surface area contributed by atoms with Gasteiger partial charge in [0.2, 0.25) is 0 Å². The van der Waals surface area contributed by atoms with Crippen LogP contribution in [0.3, 0.4) is 0 Å². The average Bonchev–Trinajstić information content (AvgIpc) is 2.43. The van der Waals surface area contributed by atoms with Crippen molar-refractivity contribution in [2.24, 2.45) is 0 Å². The van der Waals surface area contributed by atoms with Crippen molar-refractivity contribution in [3.63, 3.8) is 0 Å². The zero-order chi connectivity index (χ0) is 15.7. The van der Waals surface area contributed by atoms with Crippen molar-refractivity contribution < 1.29 is 9.72 Å². The zero-order valence-electron chi connectivity index (χ0n) is 12.3. The molecule has 2 N–H and O–H groups in total. The molecule has 21 heavy (non-hydrogen) atoms. The van der Waals surface area contributed by atoms with E-state index in [1.54, 1.807) is 4.90 Å². The maximum absolute atomic E-state index is 12.6. The van der Waals surface area contributed by atoms with Crippen LogP contribution in [0.1, 0.15) is 24.2 Å². The van der Waals surface area contributed by atoms with Gasteiger partial charge in [-0.1, -0.05) is 0 Å². The van der Waals surface area contributed by atoms with E-state index in [2.05, 4.69) is 9.88 Å². The lowest BCUT2D eigenvalue weighted by atomic mass is 10.1. The number of carbonyl (C=O) groups excluding carboxylic acids is 1. The van der Waals surface area contributed by atoms with Crippen molar-refractivity contribution in [2.45, 2.75) is 25.9 Å². The Kier molecular flexibility index (Phi) is 4.08. The lowest BCUT2D eigenvalue weighted by Gasteiger charge is -2.42. The fraction of sp³-hybridized carbons (Fsp3) is 0.538. The number of rotatable bonds is 2. The molecule has 0 aromatic carbocycles. The molecule has 1 aliphatic heterocycles. The Morgan fingerprint density at radius 2 is 2.00 bits per heavy atom. The molecular weight excluding hydrogens is 274 g/mol. The standard InChI is InChI=1S/C13H19N5O3/c1-8-6-17(7-9(2)16(8)3)13(19)11-4-10(18(20)21)5-15-12(11)14/h4-5,8-9H,6-7H2,1-3H3,(H2,14,15). The number of nitrogen functional groups attached to an aromatic ring is 1. The van der Waals surface area contributed by atoms with Crippen molar-refractivity contribution in [3.8, 4) is 0 Å². The van der Waals surface area contributed by atoms with Crippen LogP contribution in [0.15, 0.2) is 12.3 Å². The Morgan fingerprint density at radius 3 is 2.52 bits per heavy atom. The maximum Gasteiger partial charge on any atom is 0.288 e. The topological polar surface area (TPSA) is 106 Å². The third-order valence-electron chi connectivity index (χ3n) is 3.99. The first-order valence-corrected chi connectivity index (χ1v) is 6.72. The summed E-state index contributed by atoms with van der Waals surface area (Å²) in [6.07, 6.45) is 1.06. The van der Waals surface area contributed by atoms with E-state index >= 15 is 0 Å². The molecular formula is C13H19N5O3. The van der Waals surface area contributed by atoms with Crippen molar-refractivity contribution >= 4 is 17.4 Å². The third-order valence-corrected chi connectivity index (χ3v) is 3.99. The van der Waals surface area contributed by atoms with Crippen LogP contribution < -0.4 is 5.73 Å². The number of amides is 1. The number of anilines is 1. The second kappa shape index (κ2) is 5.65. The summed E-state index contributed by atoms with van der Waals surface area (Å²) >= 11 is 0. The van der Waals surface area contributed by atoms with E-state index in [4.69, 9.17) is 5.73 Å². The maximum atomic E-state index is 12.6. The molecule has 2 atom stereocenters. The number of nitrogens with two attached hydrogens (primary N) is 1. The van der Waals surface area contributed by atoms with Gasteiger partial charge in [0.1, 0.15) is 12.0 Å². The molecule has 0 saturated carbocycles. The smallest absolute Gasteiger partial charge is 0.288 e. The Morgan fingerprint density at radius 1 is 1.43 bits per heavy atom. The number of carbonyl (C=O) groups is 1. The number of likely N-dealkylation sites (N-methyl/N-ethyl adjacent to an activating group) is 1. The van der Waals surface area contributed by atoms with Crippen LogP contribution in [0.5, 0.6) is 0 Å². The molecule has 0 bridgehead atoms. The van der Waals surface area contributed by atoms with Crippen LogP contribution >= 0.6 is 0 Å². The lowest BCUT2D eigenvalue weighted by Crippen LogP contribution is -2.56. The number of hydrogen-bond donors (Lipinski definition) is 1. The Labute approximate surface area is 122 Å². The summed E-state index contributed by atoms with van der Waals surface area (Å²) < 4.78 is 0. The van der Waals surface area contributed by atoms with E-state index in [1.807, 2.05) is 20.9 Å². The SMILES string of the molecule is CC1CN(C(=O)c2cc([N+](=O)[O-])cnc2N)CC(C)N1C. The van der Waals surface area contributed by atoms with E-state index in [9.17, 15) is 14.9 Å². The first-order valence-electron chi connectivity index (χ1n) is 6.72. The van der Waals surface area contributed by atoms with E-state index in [-0.39, 0.29) is 35.1 Å². The second-order valence-electron chi connectivity index (χ2n) is 5.46. The van der Waals surface area contributed by atoms with Gasteiger partial charge in [0.25, 0.3) is 11.6 Å². The number of piperazine rings is 1. The van der Waals surface area contributed by atoms with Gasteiger partial charge in [0.05, 0.1) is 10.5 Å². The summed E-state index contributed by atoms with van der Waals surface area (Å²) in [6, 6.07) is 1.62. The molecule has 2 unspecified atom stereocenters. The minimum absolute atomic E-state index is 0.0184. The molecule has 1 aliphatic rings. The zero-order valence-corrected chi connectivity index (χ0v) is 12.3. The predicted octanol–water partition coefficient (Wildman–Crippen LogP) is 0.737. The number of aromatic nitrogens is 1. The summed E-state index contributed by atoms with van der Waals surface area (Å²) in [5.41, 5.74) is 5.56. The minimum atomic E-state index is -0.585. The number of hydrogen-bond acceptors (Lipinski definition) is 6. The highest BCUT2D eigenvalue weighted by Gasteiger charge is 2.31. The van der Waals surface area contributed by atoms with E-state index < -0.39 is 4.92 Å². The van der Waals surface area contributed by atoms with Crippen LogP contribution in [0.25, 0.3) is 0 Å². The quantitative estimate of drug-likeness (QED) is 0.636. The molecule has 2 heterocycles. The van der Waals surface area contributed by atoms with Crippen LogP contribution in [0.2, 0.25) is 0 Å². The highest BCUT2D eigenvalue weighted by Crippen LogP contribution is 2.21. The van der Waals surface area contributed by atoms with Gasteiger partial charge in [0.15, 0.2) is 0 Å². The molecule has 2 rings (SSSR count). The fourth-order valence-electron chi connectivity index (χ4n) is 2.48. The second-order valence-corrected chi connectivity index (χ2v) is 5.46. The summed E-state index contributed by atoms with van der Waals surface area (Å²) in [4.78, 5) is 30.4. The first kappa shape index (κ1) is 15.2.